The zero-order chi connectivity index (χ0) is 16.8. The number of hydrogen-bond acceptors (Lipinski definition) is 3. The van der Waals surface area contributed by atoms with Crippen molar-refractivity contribution in [3.05, 3.63) is 0 Å². The van der Waals surface area contributed by atoms with Crippen molar-refractivity contribution < 1.29 is 22.7 Å². The van der Waals surface area contributed by atoms with Gasteiger partial charge in [0.1, 0.15) is 5.25 Å². The molecule has 0 rings (SSSR count). The highest BCUT2D eigenvalue weighted by Gasteiger charge is 2.26. The third kappa shape index (κ3) is 13.3. The molecule has 0 aliphatic heterocycles. The van der Waals surface area contributed by atoms with E-state index in [1.165, 1.54) is 11.8 Å². The molecule has 0 radical (unpaired) electrons. The van der Waals surface area contributed by atoms with Crippen molar-refractivity contribution in [3.8, 4) is 0 Å². The Morgan fingerprint density at radius 3 is 2.36 bits per heavy atom. The number of carbonyl (C=O) groups excluding carboxylic acids is 1. The first-order valence-electron chi connectivity index (χ1n) is 8.25. The van der Waals surface area contributed by atoms with Crippen LogP contribution in [-0.4, -0.2) is 29.8 Å². The minimum Gasteiger partial charge on any atom is -0.465 e. The maximum absolute atomic E-state index is 12.0. The number of alkyl halides is 3. The van der Waals surface area contributed by atoms with E-state index in [-0.39, 0.29) is 17.6 Å². The Morgan fingerprint density at radius 2 is 1.77 bits per heavy atom. The number of esters is 1. The summed E-state index contributed by atoms with van der Waals surface area (Å²) in [7, 11) is 0. The Kier molecular flexibility index (Phi) is 12.9. The van der Waals surface area contributed by atoms with Crippen LogP contribution in [0.1, 0.15) is 71.6 Å². The van der Waals surface area contributed by atoms with Gasteiger partial charge >= 0.3 is 12.1 Å². The van der Waals surface area contributed by atoms with Gasteiger partial charge in [0.05, 0.1) is 6.61 Å². The molecule has 6 heteroatoms. The molecular weight excluding hydrogens is 313 g/mol. The number of halogens is 3. The second-order valence-electron chi connectivity index (χ2n) is 5.45. The van der Waals surface area contributed by atoms with E-state index in [9.17, 15) is 18.0 Å². The number of ether oxygens (including phenoxy) is 1. The summed E-state index contributed by atoms with van der Waals surface area (Å²) >= 11 is 1.53. The van der Waals surface area contributed by atoms with Gasteiger partial charge in [0, 0.05) is 6.42 Å². The van der Waals surface area contributed by atoms with Crippen molar-refractivity contribution in [1.82, 2.24) is 0 Å². The molecule has 132 valence electrons. The molecule has 22 heavy (non-hydrogen) atoms. The third-order valence-corrected chi connectivity index (χ3v) is 4.56. The first-order valence-corrected chi connectivity index (χ1v) is 9.30. The maximum atomic E-state index is 12.0. The van der Waals surface area contributed by atoms with Gasteiger partial charge in [-0.3, -0.25) is 4.79 Å². The van der Waals surface area contributed by atoms with Gasteiger partial charge in [-0.1, -0.05) is 39.5 Å². The smallest absolute Gasteiger partial charge is 0.389 e. The molecule has 0 saturated heterocycles. The Hall–Kier alpha value is -0.390. The summed E-state index contributed by atoms with van der Waals surface area (Å²) in [5.41, 5.74) is 0. The minimum atomic E-state index is -4.06. The van der Waals surface area contributed by atoms with E-state index in [4.69, 9.17) is 4.74 Å². The van der Waals surface area contributed by atoms with Crippen molar-refractivity contribution in [2.75, 3.05) is 12.4 Å². The van der Waals surface area contributed by atoms with Crippen LogP contribution in [-0.2, 0) is 9.53 Å². The monoisotopic (exact) mass is 342 g/mol. The number of unbranched alkanes of at least 4 members (excludes halogenated alkanes) is 4. The second kappa shape index (κ2) is 13.1. The summed E-state index contributed by atoms with van der Waals surface area (Å²) in [6.45, 7) is 4.50. The molecule has 0 heterocycles. The molecule has 0 aliphatic rings. The van der Waals surface area contributed by atoms with E-state index in [1.54, 1.807) is 0 Å². The predicted molar refractivity (Wildman–Crippen MR) is 86.2 cm³/mol. The number of thioether (sulfide) groups is 1. The average Bonchev–Trinajstić information content (AvgIpc) is 2.45. The highest BCUT2D eigenvalue weighted by Crippen LogP contribution is 2.24. The first-order chi connectivity index (χ1) is 10.4. The zero-order valence-electron chi connectivity index (χ0n) is 13.7. The van der Waals surface area contributed by atoms with Gasteiger partial charge < -0.3 is 4.74 Å². The summed E-state index contributed by atoms with van der Waals surface area (Å²) in [5.74, 6) is 0.550. The molecule has 1 unspecified atom stereocenters. The van der Waals surface area contributed by atoms with Crippen molar-refractivity contribution >= 4 is 17.7 Å². The van der Waals surface area contributed by atoms with Gasteiger partial charge in [0.25, 0.3) is 0 Å². The van der Waals surface area contributed by atoms with Gasteiger partial charge in [-0.2, -0.15) is 13.2 Å². The Morgan fingerprint density at radius 1 is 1.05 bits per heavy atom. The van der Waals surface area contributed by atoms with Crippen LogP contribution in [0.4, 0.5) is 13.2 Å². The largest absolute Gasteiger partial charge is 0.465 e. The van der Waals surface area contributed by atoms with Crippen LogP contribution in [0.25, 0.3) is 0 Å². The van der Waals surface area contributed by atoms with Crippen LogP contribution >= 0.6 is 11.8 Å². The maximum Gasteiger partial charge on any atom is 0.389 e. The van der Waals surface area contributed by atoms with Gasteiger partial charge in [0.15, 0.2) is 0 Å². The Balaban J connectivity index is 3.93. The van der Waals surface area contributed by atoms with Crippen molar-refractivity contribution in [3.63, 3.8) is 0 Å². The molecule has 0 aromatic heterocycles. The summed E-state index contributed by atoms with van der Waals surface area (Å²) in [5, 5.41) is -0.166. The molecule has 2 nitrogen and oxygen atoms in total. The summed E-state index contributed by atoms with van der Waals surface area (Å²) in [4.78, 5) is 12.0. The lowest BCUT2D eigenvalue weighted by Gasteiger charge is -2.15. The minimum absolute atomic E-state index is 0.166. The highest BCUT2D eigenvalue weighted by atomic mass is 32.2. The quantitative estimate of drug-likeness (QED) is 0.315. The second-order valence-corrected chi connectivity index (χ2v) is 6.76. The molecule has 0 aromatic rings. The van der Waals surface area contributed by atoms with Crippen molar-refractivity contribution in [2.45, 2.75) is 83.1 Å². The van der Waals surface area contributed by atoms with Crippen LogP contribution in [0.5, 0.6) is 0 Å². The molecule has 0 N–H and O–H groups in total. The predicted octanol–water partition coefficient (Wildman–Crippen LogP) is 5.74. The molecule has 0 amide bonds. The van der Waals surface area contributed by atoms with Crippen molar-refractivity contribution in [2.24, 2.45) is 0 Å². The summed E-state index contributed by atoms with van der Waals surface area (Å²) in [6.07, 6.45) is 1.44. The van der Waals surface area contributed by atoms with E-state index >= 15 is 0 Å². The van der Waals surface area contributed by atoms with E-state index in [2.05, 4.69) is 6.92 Å². The van der Waals surface area contributed by atoms with Crippen LogP contribution in [0.3, 0.4) is 0 Å². The summed E-state index contributed by atoms with van der Waals surface area (Å²) in [6, 6.07) is 0. The van der Waals surface area contributed by atoms with E-state index in [0.717, 1.165) is 37.9 Å². The molecule has 0 bridgehead atoms. The fourth-order valence-corrected chi connectivity index (χ4v) is 3.17. The lowest BCUT2D eigenvalue weighted by atomic mass is 10.1. The fourth-order valence-electron chi connectivity index (χ4n) is 1.97. The SMILES string of the molecule is CCCCCC(SCCCCCC(F)(F)F)C(=O)OCCC. The molecule has 1 atom stereocenters. The molecule has 0 spiro atoms. The van der Waals surface area contributed by atoms with E-state index in [0.29, 0.717) is 19.4 Å². The lowest BCUT2D eigenvalue weighted by molar-refractivity contribution is -0.143. The Bertz CT molecular complexity index is 283. The number of carbonyl (C=O) groups is 1. The van der Waals surface area contributed by atoms with Crippen LogP contribution < -0.4 is 0 Å². The van der Waals surface area contributed by atoms with Gasteiger partial charge in [-0.25, -0.2) is 0 Å². The first kappa shape index (κ1) is 21.6. The van der Waals surface area contributed by atoms with E-state index < -0.39 is 12.6 Å². The normalized spacial score (nSPS) is 13.1. The topological polar surface area (TPSA) is 26.3 Å². The highest BCUT2D eigenvalue weighted by molar-refractivity contribution is 8.00. The molecule has 0 saturated carbocycles. The van der Waals surface area contributed by atoms with E-state index in [1.807, 2.05) is 6.92 Å². The zero-order valence-corrected chi connectivity index (χ0v) is 14.5. The van der Waals surface area contributed by atoms with Crippen LogP contribution in [0, 0.1) is 0 Å². The lowest BCUT2D eigenvalue weighted by Crippen LogP contribution is -2.21. The Labute approximate surface area is 136 Å². The van der Waals surface area contributed by atoms with Crippen LogP contribution in [0.2, 0.25) is 0 Å². The molecule has 0 aromatic carbocycles. The van der Waals surface area contributed by atoms with Gasteiger partial charge in [0.2, 0.25) is 0 Å². The number of hydrogen-bond donors (Lipinski definition) is 0. The van der Waals surface area contributed by atoms with Gasteiger partial charge in [-0.15, -0.1) is 11.8 Å². The van der Waals surface area contributed by atoms with Crippen LogP contribution in [0.15, 0.2) is 0 Å². The molecule has 0 fully saturated rings. The molecular formula is C16H29F3O2S. The molecule has 0 aliphatic carbocycles. The average molecular weight is 342 g/mol. The standard InChI is InChI=1S/C16H29F3O2S/c1-3-5-7-10-14(15(20)21-12-4-2)22-13-9-6-8-11-16(17,18)19/h14H,3-13H2,1-2H3. The third-order valence-electron chi connectivity index (χ3n) is 3.20. The number of rotatable bonds is 13. The van der Waals surface area contributed by atoms with Gasteiger partial charge in [-0.05, 0) is 31.4 Å². The fraction of sp³-hybridized carbons (Fsp3) is 0.938. The summed E-state index contributed by atoms with van der Waals surface area (Å²) < 4.78 is 41.3. The van der Waals surface area contributed by atoms with Crippen molar-refractivity contribution in [1.29, 1.82) is 0 Å².